The number of nitrogens with one attached hydrogen (secondary N) is 2. The summed E-state index contributed by atoms with van der Waals surface area (Å²) in [5.74, 6) is 0.464. The molecule has 6 nitrogen and oxygen atoms in total. The van der Waals surface area contributed by atoms with Crippen molar-refractivity contribution in [1.29, 1.82) is 0 Å². The van der Waals surface area contributed by atoms with Crippen LogP contribution in [0, 0.1) is 12.7 Å². The van der Waals surface area contributed by atoms with Crippen LogP contribution >= 0.6 is 11.3 Å². The molecule has 0 fully saturated rings. The van der Waals surface area contributed by atoms with E-state index in [-0.39, 0.29) is 11.7 Å². The Labute approximate surface area is 193 Å². The quantitative estimate of drug-likeness (QED) is 0.329. The fourth-order valence-electron chi connectivity index (χ4n) is 3.49. The van der Waals surface area contributed by atoms with Crippen LogP contribution in [0.2, 0.25) is 0 Å². The molecule has 0 radical (unpaired) electrons. The Balaban J connectivity index is 1.49. The lowest BCUT2D eigenvalue weighted by atomic mass is 10.1. The number of nitrogens with zero attached hydrogens (tertiary/aromatic N) is 2. The summed E-state index contributed by atoms with van der Waals surface area (Å²) in [4.78, 5) is 25.1. The maximum absolute atomic E-state index is 13.5. The molecule has 33 heavy (non-hydrogen) atoms. The molecule has 0 saturated carbocycles. The highest BCUT2D eigenvalue weighted by atomic mass is 32.1. The number of H-pyrrole nitrogens is 1. The molecule has 5 rings (SSSR count). The largest absolute Gasteiger partial charge is 0.487 e. The van der Waals surface area contributed by atoms with Crippen LogP contribution in [-0.4, -0.2) is 20.9 Å². The number of rotatable bonds is 6. The van der Waals surface area contributed by atoms with E-state index in [1.165, 1.54) is 23.5 Å². The van der Waals surface area contributed by atoms with Gasteiger partial charge in [-0.25, -0.2) is 14.4 Å². The zero-order chi connectivity index (χ0) is 22.8. The van der Waals surface area contributed by atoms with Gasteiger partial charge in [-0.1, -0.05) is 47.7 Å². The Hall–Kier alpha value is -4.04. The van der Waals surface area contributed by atoms with Gasteiger partial charge in [-0.05, 0) is 36.8 Å². The van der Waals surface area contributed by atoms with Crippen molar-refractivity contribution < 1.29 is 13.9 Å². The highest BCUT2D eigenvalue weighted by Gasteiger charge is 2.20. The normalized spacial score (nSPS) is 11.0. The average Bonchev–Trinajstić information content (AvgIpc) is 3.43. The molecule has 0 saturated heterocycles. The Morgan fingerprint density at radius 3 is 2.76 bits per heavy atom. The molecule has 0 spiro atoms. The van der Waals surface area contributed by atoms with Gasteiger partial charge < -0.3 is 9.72 Å². The summed E-state index contributed by atoms with van der Waals surface area (Å²) in [5.41, 5.74) is 3.32. The second-order valence-corrected chi connectivity index (χ2v) is 8.45. The summed E-state index contributed by atoms with van der Waals surface area (Å²) < 4.78 is 20.5. The standard InChI is InChI=1S/C25H19FN4O2S/c1-15-27-13-21(28-15)18-8-5-9-19(23(18)32-14-16-6-3-2-4-7-16)24(31)30-25-29-20-12-17(26)10-11-22(20)33-25/h2-13H,14H2,1H3,(H,27,28)(H,29,30,31). The number of amides is 1. The first-order valence-corrected chi connectivity index (χ1v) is 11.1. The first-order chi connectivity index (χ1) is 16.1. The summed E-state index contributed by atoms with van der Waals surface area (Å²) in [5, 5.41) is 3.22. The number of aryl methyl sites for hydroxylation is 1. The fraction of sp³-hybridized carbons (Fsp3) is 0.0800. The molecule has 2 aromatic heterocycles. The predicted molar refractivity (Wildman–Crippen MR) is 127 cm³/mol. The SMILES string of the molecule is Cc1ncc(-c2cccc(C(=O)Nc3nc4cc(F)ccc4s3)c2OCc2ccccc2)[nH]1. The van der Waals surface area contributed by atoms with Gasteiger partial charge in [0.2, 0.25) is 0 Å². The highest BCUT2D eigenvalue weighted by molar-refractivity contribution is 7.22. The van der Waals surface area contributed by atoms with Crippen LogP contribution in [-0.2, 0) is 6.61 Å². The molecule has 164 valence electrons. The number of hydrogen-bond donors (Lipinski definition) is 2. The maximum Gasteiger partial charge on any atom is 0.261 e. The number of benzene rings is 3. The van der Waals surface area contributed by atoms with Gasteiger partial charge >= 0.3 is 0 Å². The number of para-hydroxylation sites is 1. The van der Waals surface area contributed by atoms with Gasteiger partial charge in [0.1, 0.15) is 24.0 Å². The lowest BCUT2D eigenvalue weighted by Gasteiger charge is -2.15. The van der Waals surface area contributed by atoms with E-state index in [1.54, 1.807) is 24.4 Å². The van der Waals surface area contributed by atoms with E-state index >= 15 is 0 Å². The average molecular weight is 459 g/mol. The minimum atomic E-state index is -0.371. The van der Waals surface area contributed by atoms with Crippen molar-refractivity contribution in [2.75, 3.05) is 5.32 Å². The fourth-order valence-corrected chi connectivity index (χ4v) is 4.33. The molecule has 8 heteroatoms. The van der Waals surface area contributed by atoms with Gasteiger partial charge in [-0.3, -0.25) is 10.1 Å². The van der Waals surface area contributed by atoms with Crippen molar-refractivity contribution in [3.8, 4) is 17.0 Å². The Morgan fingerprint density at radius 2 is 1.97 bits per heavy atom. The van der Waals surface area contributed by atoms with E-state index < -0.39 is 0 Å². The van der Waals surface area contributed by atoms with Gasteiger partial charge in [0.05, 0.1) is 27.7 Å². The molecular weight excluding hydrogens is 439 g/mol. The van der Waals surface area contributed by atoms with Crippen LogP contribution < -0.4 is 10.1 Å². The molecule has 2 heterocycles. The van der Waals surface area contributed by atoms with Crippen LogP contribution in [0.25, 0.3) is 21.5 Å². The Bertz CT molecular complexity index is 1450. The van der Waals surface area contributed by atoms with Gasteiger partial charge in [0.25, 0.3) is 5.91 Å². The van der Waals surface area contributed by atoms with E-state index in [9.17, 15) is 9.18 Å². The van der Waals surface area contributed by atoms with Crippen molar-refractivity contribution in [1.82, 2.24) is 15.0 Å². The van der Waals surface area contributed by atoms with E-state index in [0.717, 1.165) is 27.3 Å². The lowest BCUT2D eigenvalue weighted by Crippen LogP contribution is -2.14. The number of carbonyl (C=O) groups excluding carboxylic acids is 1. The van der Waals surface area contributed by atoms with Crippen molar-refractivity contribution in [2.45, 2.75) is 13.5 Å². The molecule has 0 atom stereocenters. The molecule has 2 N–H and O–H groups in total. The van der Waals surface area contributed by atoms with E-state index in [0.29, 0.717) is 28.6 Å². The first-order valence-electron chi connectivity index (χ1n) is 10.3. The number of carbonyl (C=O) groups is 1. The molecule has 0 aliphatic carbocycles. The zero-order valence-corrected chi connectivity index (χ0v) is 18.4. The second kappa shape index (κ2) is 8.84. The number of anilines is 1. The maximum atomic E-state index is 13.5. The number of thiazole rings is 1. The number of ether oxygens (including phenoxy) is 1. The highest BCUT2D eigenvalue weighted by Crippen LogP contribution is 2.34. The van der Waals surface area contributed by atoms with Gasteiger partial charge in [0, 0.05) is 11.6 Å². The van der Waals surface area contributed by atoms with Crippen LogP contribution in [0.15, 0.2) is 72.9 Å². The number of imidazole rings is 1. The van der Waals surface area contributed by atoms with Gasteiger partial charge in [0.15, 0.2) is 5.13 Å². The minimum Gasteiger partial charge on any atom is -0.487 e. The minimum absolute atomic E-state index is 0.297. The van der Waals surface area contributed by atoms with Crippen molar-refractivity contribution >= 4 is 32.6 Å². The summed E-state index contributed by atoms with van der Waals surface area (Å²) in [6.45, 7) is 2.16. The molecule has 0 aliphatic rings. The van der Waals surface area contributed by atoms with Crippen molar-refractivity contribution in [3.05, 3.63) is 95.7 Å². The van der Waals surface area contributed by atoms with E-state index in [2.05, 4.69) is 20.3 Å². The molecule has 0 aliphatic heterocycles. The summed E-state index contributed by atoms with van der Waals surface area (Å²) in [6.07, 6.45) is 1.71. The third-order valence-corrected chi connectivity index (χ3v) is 6.00. The predicted octanol–water partition coefficient (Wildman–Crippen LogP) is 5.97. The van der Waals surface area contributed by atoms with Crippen LogP contribution in [0.5, 0.6) is 5.75 Å². The van der Waals surface area contributed by atoms with Gasteiger partial charge in [-0.15, -0.1) is 0 Å². The summed E-state index contributed by atoms with van der Waals surface area (Å²) >= 11 is 1.28. The van der Waals surface area contributed by atoms with Crippen LogP contribution in [0.1, 0.15) is 21.7 Å². The summed E-state index contributed by atoms with van der Waals surface area (Å²) in [6, 6.07) is 19.5. The van der Waals surface area contributed by atoms with Crippen LogP contribution in [0.4, 0.5) is 9.52 Å². The van der Waals surface area contributed by atoms with Gasteiger partial charge in [-0.2, -0.15) is 0 Å². The second-order valence-electron chi connectivity index (χ2n) is 7.42. The molecule has 0 bridgehead atoms. The summed E-state index contributed by atoms with van der Waals surface area (Å²) in [7, 11) is 0. The van der Waals surface area contributed by atoms with Crippen molar-refractivity contribution in [3.63, 3.8) is 0 Å². The lowest BCUT2D eigenvalue weighted by molar-refractivity contribution is 0.102. The smallest absolute Gasteiger partial charge is 0.261 e. The van der Waals surface area contributed by atoms with E-state index in [1.807, 2.05) is 43.3 Å². The number of fused-ring (bicyclic) bond motifs is 1. The Kier molecular flexibility index (Phi) is 5.58. The molecule has 3 aromatic carbocycles. The molecular formula is C25H19FN4O2S. The topological polar surface area (TPSA) is 79.9 Å². The number of aromatic nitrogens is 3. The van der Waals surface area contributed by atoms with Crippen molar-refractivity contribution in [2.24, 2.45) is 0 Å². The number of halogens is 1. The molecule has 0 unspecified atom stereocenters. The zero-order valence-electron chi connectivity index (χ0n) is 17.6. The van der Waals surface area contributed by atoms with E-state index in [4.69, 9.17) is 4.74 Å². The van der Waals surface area contributed by atoms with Crippen LogP contribution in [0.3, 0.4) is 0 Å². The first kappa shape index (κ1) is 20.8. The molecule has 5 aromatic rings. The third kappa shape index (κ3) is 4.47. The number of hydrogen-bond acceptors (Lipinski definition) is 5. The Morgan fingerprint density at radius 1 is 1.12 bits per heavy atom. The number of aromatic amines is 1. The third-order valence-electron chi connectivity index (χ3n) is 5.05. The molecule has 1 amide bonds. The monoisotopic (exact) mass is 458 g/mol.